The lowest BCUT2D eigenvalue weighted by Crippen LogP contribution is -2.41. The summed E-state index contributed by atoms with van der Waals surface area (Å²) in [5.41, 5.74) is 1.04. The van der Waals surface area contributed by atoms with Gasteiger partial charge in [0.25, 0.3) is 0 Å². The highest BCUT2D eigenvalue weighted by atomic mass is 35.5. The molecule has 0 atom stereocenters. The van der Waals surface area contributed by atoms with Gasteiger partial charge in [0.2, 0.25) is 0 Å². The average Bonchev–Trinajstić information content (AvgIpc) is 2.54. The normalized spacial score (nSPS) is 14.3. The maximum absolute atomic E-state index is 12.8. The van der Waals surface area contributed by atoms with Gasteiger partial charge in [-0.15, -0.1) is 0 Å². The van der Waals surface area contributed by atoms with Gasteiger partial charge in [-0.1, -0.05) is 41.0 Å². The largest absolute Gasteiger partial charge is 0.377 e. The molecule has 0 aliphatic carbocycles. The summed E-state index contributed by atoms with van der Waals surface area (Å²) in [6.45, 7) is 1.20. The lowest BCUT2D eigenvalue weighted by atomic mass is 10.0. The smallest absolute Gasteiger partial charge is 0.189 e. The Morgan fingerprint density at radius 3 is 2.67 bits per heavy atom. The molecule has 1 aromatic heterocycles. The van der Waals surface area contributed by atoms with Gasteiger partial charge in [0.05, 0.1) is 24.8 Å². The zero-order valence-electron chi connectivity index (χ0n) is 12.9. The Morgan fingerprint density at radius 1 is 1.38 bits per heavy atom. The topological polar surface area (TPSA) is 64.1 Å². The molecular formula is C16H15Cl2N3O2S. The van der Waals surface area contributed by atoms with Crippen molar-refractivity contribution in [3.8, 4) is 0 Å². The van der Waals surface area contributed by atoms with Crippen LogP contribution in [-0.2, 0) is 11.2 Å². The first-order valence-corrected chi connectivity index (χ1v) is 9.28. The summed E-state index contributed by atoms with van der Waals surface area (Å²) in [6, 6.07) is 5.34. The van der Waals surface area contributed by atoms with Gasteiger partial charge in [-0.25, -0.2) is 9.97 Å². The summed E-state index contributed by atoms with van der Waals surface area (Å²) in [4.78, 5) is 21.4. The van der Waals surface area contributed by atoms with Crippen LogP contribution in [0.25, 0.3) is 0 Å². The zero-order valence-corrected chi connectivity index (χ0v) is 15.2. The third-order valence-electron chi connectivity index (χ3n) is 3.63. The van der Waals surface area contributed by atoms with Crippen molar-refractivity contribution in [3.63, 3.8) is 0 Å². The Balaban J connectivity index is 1.88. The van der Waals surface area contributed by atoms with E-state index in [2.05, 4.69) is 15.3 Å². The van der Waals surface area contributed by atoms with Gasteiger partial charge in [-0.2, -0.15) is 0 Å². The van der Waals surface area contributed by atoms with Gasteiger partial charge in [0.15, 0.2) is 10.9 Å². The number of rotatable bonds is 6. The van der Waals surface area contributed by atoms with E-state index in [4.69, 9.17) is 27.9 Å². The predicted octanol–water partition coefficient (Wildman–Crippen LogP) is 3.74. The molecule has 0 unspecified atom stereocenters. The van der Waals surface area contributed by atoms with Crippen molar-refractivity contribution in [2.45, 2.75) is 17.6 Å². The molecule has 1 fully saturated rings. The molecule has 2 aromatic rings. The molecule has 5 nitrogen and oxygen atoms in total. The molecule has 8 heteroatoms. The molecule has 1 N–H and O–H groups in total. The third-order valence-corrected chi connectivity index (χ3v) is 4.90. The first kappa shape index (κ1) is 17.5. The van der Waals surface area contributed by atoms with Crippen molar-refractivity contribution in [2.24, 2.45) is 0 Å². The molecule has 1 aliphatic rings. The summed E-state index contributed by atoms with van der Waals surface area (Å²) in [5.74, 6) is 0.385. The number of hydrogen-bond acceptors (Lipinski definition) is 6. The van der Waals surface area contributed by atoms with E-state index in [1.54, 1.807) is 24.4 Å². The standard InChI is InChI=1S/C16H15Cl2N3O2S/c1-24-16-19-6-11(15(21-16)20-9-7-23-8-9)14(22)5-10-12(17)3-2-4-13(10)18/h2-4,6,9H,5,7-8H2,1H3,(H,19,20,21). The van der Waals surface area contributed by atoms with Gasteiger partial charge < -0.3 is 10.1 Å². The van der Waals surface area contributed by atoms with Crippen molar-refractivity contribution >= 4 is 46.6 Å². The minimum atomic E-state index is -0.139. The quantitative estimate of drug-likeness (QED) is 0.465. The molecule has 0 bridgehead atoms. The number of thioether (sulfide) groups is 1. The average molecular weight is 384 g/mol. The van der Waals surface area contributed by atoms with Gasteiger partial charge >= 0.3 is 0 Å². The summed E-state index contributed by atoms with van der Waals surface area (Å²) >= 11 is 13.7. The predicted molar refractivity (Wildman–Crippen MR) is 96.5 cm³/mol. The van der Waals surface area contributed by atoms with Crippen LogP contribution in [0.1, 0.15) is 15.9 Å². The lowest BCUT2D eigenvalue weighted by molar-refractivity contribution is 0.0209. The highest BCUT2D eigenvalue weighted by Crippen LogP contribution is 2.27. The minimum Gasteiger partial charge on any atom is -0.377 e. The summed E-state index contributed by atoms with van der Waals surface area (Å²) in [7, 11) is 0. The molecule has 3 rings (SSSR count). The first-order valence-electron chi connectivity index (χ1n) is 7.30. The van der Waals surface area contributed by atoms with Crippen molar-refractivity contribution in [2.75, 3.05) is 24.8 Å². The lowest BCUT2D eigenvalue weighted by Gasteiger charge is -2.28. The molecule has 24 heavy (non-hydrogen) atoms. The molecule has 0 radical (unpaired) electrons. The molecule has 1 aliphatic heterocycles. The molecule has 1 saturated heterocycles. The van der Waals surface area contributed by atoms with E-state index in [0.29, 0.717) is 45.4 Å². The number of carbonyl (C=O) groups excluding carboxylic acids is 1. The number of hydrogen-bond donors (Lipinski definition) is 1. The number of benzene rings is 1. The minimum absolute atomic E-state index is 0.0936. The highest BCUT2D eigenvalue weighted by Gasteiger charge is 2.23. The highest BCUT2D eigenvalue weighted by molar-refractivity contribution is 7.98. The van der Waals surface area contributed by atoms with Crippen molar-refractivity contribution < 1.29 is 9.53 Å². The number of carbonyl (C=O) groups is 1. The third kappa shape index (κ3) is 3.83. The van der Waals surface area contributed by atoms with Crippen LogP contribution in [0.5, 0.6) is 0 Å². The molecule has 0 saturated carbocycles. The number of ether oxygens (including phenoxy) is 1. The summed E-state index contributed by atoms with van der Waals surface area (Å²) in [6.07, 6.45) is 3.53. The maximum Gasteiger partial charge on any atom is 0.189 e. The van der Waals surface area contributed by atoms with Crippen LogP contribution in [0, 0.1) is 0 Å². The Labute approximate surface area is 154 Å². The van der Waals surface area contributed by atoms with E-state index in [1.165, 1.54) is 11.8 Å². The van der Waals surface area contributed by atoms with Crippen LogP contribution in [0.4, 0.5) is 5.82 Å². The fraction of sp³-hybridized carbons (Fsp3) is 0.312. The van der Waals surface area contributed by atoms with Crippen LogP contribution in [0.15, 0.2) is 29.6 Å². The Hall–Kier alpha value is -1.34. The molecule has 126 valence electrons. The number of anilines is 1. The molecule has 2 heterocycles. The van der Waals surface area contributed by atoms with E-state index < -0.39 is 0 Å². The van der Waals surface area contributed by atoms with E-state index in [0.717, 1.165) is 0 Å². The van der Waals surface area contributed by atoms with Gasteiger partial charge in [0, 0.05) is 22.7 Å². The Kier molecular flexibility index (Phi) is 5.61. The van der Waals surface area contributed by atoms with E-state index >= 15 is 0 Å². The van der Waals surface area contributed by atoms with Crippen LogP contribution in [-0.4, -0.2) is 41.3 Å². The summed E-state index contributed by atoms with van der Waals surface area (Å²) < 4.78 is 5.16. The second kappa shape index (κ2) is 7.70. The van der Waals surface area contributed by atoms with Crippen molar-refractivity contribution in [3.05, 3.63) is 45.6 Å². The Bertz CT molecular complexity index is 749. The SMILES string of the molecule is CSc1ncc(C(=O)Cc2c(Cl)cccc2Cl)c(NC2COC2)n1. The molecular weight excluding hydrogens is 369 g/mol. The zero-order chi connectivity index (χ0) is 17.1. The first-order chi connectivity index (χ1) is 11.6. The van der Waals surface area contributed by atoms with Gasteiger partial charge in [-0.3, -0.25) is 4.79 Å². The number of aromatic nitrogens is 2. The summed E-state index contributed by atoms with van der Waals surface area (Å²) in [5, 5.41) is 4.79. The fourth-order valence-corrected chi connectivity index (χ4v) is 3.12. The van der Waals surface area contributed by atoms with Gasteiger partial charge in [-0.05, 0) is 24.0 Å². The van der Waals surface area contributed by atoms with Crippen LogP contribution in [0.2, 0.25) is 10.0 Å². The van der Waals surface area contributed by atoms with Crippen molar-refractivity contribution in [1.29, 1.82) is 0 Å². The Morgan fingerprint density at radius 2 is 2.08 bits per heavy atom. The van der Waals surface area contributed by atoms with Crippen molar-refractivity contribution in [1.82, 2.24) is 9.97 Å². The van der Waals surface area contributed by atoms with E-state index in [9.17, 15) is 4.79 Å². The van der Waals surface area contributed by atoms with E-state index in [1.807, 2.05) is 6.26 Å². The van der Waals surface area contributed by atoms with E-state index in [-0.39, 0.29) is 18.2 Å². The number of ketones is 1. The van der Waals surface area contributed by atoms with Gasteiger partial charge in [0.1, 0.15) is 5.82 Å². The van der Waals surface area contributed by atoms with Crippen LogP contribution >= 0.6 is 35.0 Å². The maximum atomic E-state index is 12.8. The second-order valence-electron chi connectivity index (χ2n) is 5.30. The number of nitrogens with one attached hydrogen (secondary N) is 1. The molecule has 0 spiro atoms. The number of nitrogens with zero attached hydrogens (tertiary/aromatic N) is 2. The monoisotopic (exact) mass is 383 g/mol. The number of halogens is 2. The molecule has 1 aromatic carbocycles. The van der Waals surface area contributed by atoms with Crippen LogP contribution in [0.3, 0.4) is 0 Å². The second-order valence-corrected chi connectivity index (χ2v) is 6.89. The fourth-order valence-electron chi connectivity index (χ4n) is 2.25. The molecule has 0 amide bonds. The van der Waals surface area contributed by atoms with Crippen LogP contribution < -0.4 is 5.32 Å². The number of Topliss-reactive ketones (excluding diaryl/α,β-unsaturated/α-hetero) is 1.